The minimum Gasteiger partial charge on any atom is -0.449 e. The molecule has 0 radical (unpaired) electrons. The molecule has 1 heterocycles. The monoisotopic (exact) mass is 230 g/mol. The summed E-state index contributed by atoms with van der Waals surface area (Å²) in [4.78, 5) is 22.6. The Hall–Kier alpha value is -1.14. The number of alkyl carbamates (subject to hydrolysis) is 1. The largest absolute Gasteiger partial charge is 0.449 e. The van der Waals surface area contributed by atoms with Gasteiger partial charge >= 0.3 is 6.09 Å². The molecule has 0 spiro atoms. The predicted octanol–water partition coefficient (Wildman–Crippen LogP) is -0.238. The van der Waals surface area contributed by atoms with E-state index in [4.69, 9.17) is 4.74 Å². The van der Waals surface area contributed by atoms with Gasteiger partial charge in [-0.05, 0) is 12.8 Å². The molecule has 2 atom stereocenters. The minimum atomic E-state index is -0.721. The Morgan fingerprint density at radius 2 is 2.31 bits per heavy atom. The Morgan fingerprint density at radius 3 is 2.88 bits per heavy atom. The van der Waals surface area contributed by atoms with Gasteiger partial charge in [0.05, 0.1) is 18.8 Å². The van der Waals surface area contributed by atoms with E-state index in [9.17, 15) is 14.7 Å². The molecule has 16 heavy (non-hydrogen) atoms. The van der Waals surface area contributed by atoms with Crippen LogP contribution in [-0.4, -0.2) is 42.4 Å². The van der Waals surface area contributed by atoms with Crippen LogP contribution in [0.3, 0.4) is 0 Å². The van der Waals surface area contributed by atoms with Gasteiger partial charge in [-0.15, -0.1) is 0 Å². The zero-order valence-electron chi connectivity index (χ0n) is 9.36. The smallest absolute Gasteiger partial charge is 0.413 e. The van der Waals surface area contributed by atoms with E-state index in [1.165, 1.54) is 0 Å². The molecule has 1 aliphatic rings. The quantitative estimate of drug-likeness (QED) is 0.580. The highest BCUT2D eigenvalue weighted by Crippen LogP contribution is 2.05. The molecule has 2 amide bonds. The van der Waals surface area contributed by atoms with Crippen molar-refractivity contribution in [3.63, 3.8) is 0 Å². The molecular weight excluding hydrogens is 212 g/mol. The molecule has 2 unspecified atom stereocenters. The Kier molecular flexibility index (Phi) is 5.21. The molecule has 92 valence electrons. The van der Waals surface area contributed by atoms with Crippen molar-refractivity contribution in [2.75, 3.05) is 13.2 Å². The summed E-state index contributed by atoms with van der Waals surface area (Å²) in [5.41, 5.74) is 0. The van der Waals surface area contributed by atoms with Gasteiger partial charge < -0.3 is 15.2 Å². The maximum Gasteiger partial charge on any atom is 0.413 e. The SMILES string of the molecule is CCCCOC(=O)NC(=O)C1CC(O)CN1. The number of hydrogen-bond acceptors (Lipinski definition) is 5. The standard InChI is InChI=1S/C10H18N2O4/c1-2-3-4-16-10(15)12-9(14)8-5-7(13)6-11-8/h7-8,11,13H,2-6H2,1H3,(H,12,14,15). The summed E-state index contributed by atoms with van der Waals surface area (Å²) in [6.45, 7) is 2.68. The lowest BCUT2D eigenvalue weighted by Crippen LogP contribution is -2.43. The van der Waals surface area contributed by atoms with E-state index in [1.54, 1.807) is 0 Å². The van der Waals surface area contributed by atoms with Gasteiger partial charge in [-0.2, -0.15) is 0 Å². The van der Waals surface area contributed by atoms with Crippen molar-refractivity contribution in [3.8, 4) is 0 Å². The van der Waals surface area contributed by atoms with Crippen molar-refractivity contribution in [2.24, 2.45) is 0 Å². The Labute approximate surface area is 94.3 Å². The number of unbranched alkanes of at least 4 members (excludes halogenated alkanes) is 1. The molecule has 1 rings (SSSR count). The molecule has 1 aliphatic heterocycles. The first-order valence-electron chi connectivity index (χ1n) is 5.52. The first-order chi connectivity index (χ1) is 7.63. The second-order valence-electron chi connectivity index (χ2n) is 3.83. The summed E-state index contributed by atoms with van der Waals surface area (Å²) in [6, 6.07) is -0.506. The van der Waals surface area contributed by atoms with Gasteiger partial charge in [0.2, 0.25) is 5.91 Å². The van der Waals surface area contributed by atoms with Crippen molar-refractivity contribution < 1.29 is 19.4 Å². The van der Waals surface area contributed by atoms with Crippen LogP contribution in [0.5, 0.6) is 0 Å². The van der Waals surface area contributed by atoms with Gasteiger partial charge in [-0.1, -0.05) is 13.3 Å². The van der Waals surface area contributed by atoms with Crippen molar-refractivity contribution in [1.82, 2.24) is 10.6 Å². The third-order valence-corrected chi connectivity index (χ3v) is 2.38. The number of rotatable bonds is 4. The zero-order valence-corrected chi connectivity index (χ0v) is 9.36. The molecule has 1 fully saturated rings. The molecule has 6 heteroatoms. The molecule has 0 aliphatic carbocycles. The van der Waals surface area contributed by atoms with Crippen LogP contribution >= 0.6 is 0 Å². The van der Waals surface area contributed by atoms with E-state index in [1.807, 2.05) is 6.92 Å². The number of β-amino-alcohol motifs (C(OH)–C–C–N with tert-alkyl or cyclic N) is 1. The molecule has 1 saturated heterocycles. The number of hydrogen-bond donors (Lipinski definition) is 3. The molecule has 3 N–H and O–H groups in total. The maximum atomic E-state index is 11.4. The van der Waals surface area contributed by atoms with Crippen LogP contribution < -0.4 is 10.6 Å². The molecule has 0 bridgehead atoms. The lowest BCUT2D eigenvalue weighted by Gasteiger charge is -2.10. The maximum absolute atomic E-state index is 11.4. The van der Waals surface area contributed by atoms with Crippen LogP contribution in [0.15, 0.2) is 0 Å². The van der Waals surface area contributed by atoms with Crippen LogP contribution in [0.2, 0.25) is 0 Å². The summed E-state index contributed by atoms with van der Waals surface area (Å²) in [6.07, 6.45) is 0.793. The topological polar surface area (TPSA) is 87.7 Å². The third-order valence-electron chi connectivity index (χ3n) is 2.38. The lowest BCUT2D eigenvalue weighted by molar-refractivity contribution is -0.122. The van der Waals surface area contributed by atoms with E-state index in [0.717, 1.165) is 12.8 Å². The van der Waals surface area contributed by atoms with Crippen molar-refractivity contribution >= 4 is 12.0 Å². The average molecular weight is 230 g/mol. The van der Waals surface area contributed by atoms with Crippen LogP contribution in [0.1, 0.15) is 26.2 Å². The molecule has 0 aromatic rings. The van der Waals surface area contributed by atoms with E-state index < -0.39 is 24.1 Å². The van der Waals surface area contributed by atoms with Crippen molar-refractivity contribution in [2.45, 2.75) is 38.3 Å². The minimum absolute atomic E-state index is 0.316. The summed E-state index contributed by atoms with van der Waals surface area (Å²) < 4.78 is 4.78. The first kappa shape index (κ1) is 12.9. The fraction of sp³-hybridized carbons (Fsp3) is 0.800. The Balaban J connectivity index is 2.20. The Morgan fingerprint density at radius 1 is 1.56 bits per heavy atom. The van der Waals surface area contributed by atoms with Crippen LogP contribution in [0.25, 0.3) is 0 Å². The fourth-order valence-corrected chi connectivity index (χ4v) is 1.45. The lowest BCUT2D eigenvalue weighted by atomic mass is 10.2. The second kappa shape index (κ2) is 6.44. The second-order valence-corrected chi connectivity index (χ2v) is 3.83. The molecule has 6 nitrogen and oxygen atoms in total. The molecule has 0 aromatic heterocycles. The number of ether oxygens (including phenoxy) is 1. The fourth-order valence-electron chi connectivity index (χ4n) is 1.45. The first-order valence-corrected chi connectivity index (χ1v) is 5.52. The zero-order chi connectivity index (χ0) is 12.0. The van der Waals surface area contributed by atoms with Gasteiger partial charge in [0.25, 0.3) is 0 Å². The van der Waals surface area contributed by atoms with Gasteiger partial charge in [-0.25, -0.2) is 4.79 Å². The van der Waals surface area contributed by atoms with Crippen LogP contribution in [-0.2, 0) is 9.53 Å². The normalized spacial score (nSPS) is 24.1. The summed E-state index contributed by atoms with van der Waals surface area (Å²) in [7, 11) is 0. The highest BCUT2D eigenvalue weighted by atomic mass is 16.5. The Bertz CT molecular complexity index is 257. The molecule has 0 saturated carbocycles. The van der Waals surface area contributed by atoms with E-state index in [-0.39, 0.29) is 0 Å². The highest BCUT2D eigenvalue weighted by Gasteiger charge is 2.29. The molecular formula is C10H18N2O4. The summed E-state index contributed by atoms with van der Waals surface area (Å²) in [5.74, 6) is -0.446. The number of aliphatic hydroxyl groups excluding tert-OH is 1. The molecule has 0 aromatic carbocycles. The van der Waals surface area contributed by atoms with E-state index in [0.29, 0.717) is 19.6 Å². The van der Waals surface area contributed by atoms with Gasteiger partial charge in [0.1, 0.15) is 0 Å². The van der Waals surface area contributed by atoms with Gasteiger partial charge in [0.15, 0.2) is 0 Å². The predicted molar refractivity (Wildman–Crippen MR) is 56.8 cm³/mol. The van der Waals surface area contributed by atoms with E-state index >= 15 is 0 Å². The summed E-state index contributed by atoms with van der Waals surface area (Å²) >= 11 is 0. The number of nitrogens with one attached hydrogen (secondary N) is 2. The van der Waals surface area contributed by atoms with Crippen molar-refractivity contribution in [1.29, 1.82) is 0 Å². The third kappa shape index (κ3) is 4.16. The van der Waals surface area contributed by atoms with Crippen molar-refractivity contribution in [3.05, 3.63) is 0 Å². The van der Waals surface area contributed by atoms with Gasteiger partial charge in [-0.3, -0.25) is 10.1 Å². The average Bonchev–Trinajstić information content (AvgIpc) is 2.65. The highest BCUT2D eigenvalue weighted by molar-refractivity contribution is 5.95. The summed E-state index contributed by atoms with van der Waals surface area (Å²) in [5, 5.41) is 14.1. The number of amides is 2. The number of carbonyl (C=O) groups is 2. The van der Waals surface area contributed by atoms with Gasteiger partial charge in [0, 0.05) is 6.54 Å². The van der Waals surface area contributed by atoms with Crippen LogP contribution in [0.4, 0.5) is 4.79 Å². The number of aliphatic hydroxyl groups is 1. The van der Waals surface area contributed by atoms with Crippen LogP contribution in [0, 0.1) is 0 Å². The number of carbonyl (C=O) groups excluding carboxylic acids is 2. The number of imide groups is 1. The van der Waals surface area contributed by atoms with E-state index in [2.05, 4.69) is 10.6 Å².